The van der Waals surface area contributed by atoms with E-state index < -0.39 is 0 Å². The Labute approximate surface area is 77.0 Å². The standard InChI is InChI=1S/C12H11F/c1-2-9-5-3-7-11-10(9)6-4-8-12(11)13/h3-8H,2H2,1H3. The molecule has 0 radical (unpaired) electrons. The van der Waals surface area contributed by atoms with Gasteiger partial charge in [0.1, 0.15) is 5.82 Å². The van der Waals surface area contributed by atoms with Crippen LogP contribution >= 0.6 is 0 Å². The third-order valence-electron chi connectivity index (χ3n) is 2.34. The van der Waals surface area contributed by atoms with E-state index in [0.717, 1.165) is 17.2 Å². The van der Waals surface area contributed by atoms with Crippen LogP contribution in [0.3, 0.4) is 0 Å². The molecule has 0 N–H and O–H groups in total. The van der Waals surface area contributed by atoms with Gasteiger partial charge in [-0.3, -0.25) is 0 Å². The van der Waals surface area contributed by atoms with Crippen molar-refractivity contribution in [2.75, 3.05) is 0 Å². The molecule has 0 amide bonds. The largest absolute Gasteiger partial charge is 0.206 e. The van der Waals surface area contributed by atoms with E-state index in [-0.39, 0.29) is 5.82 Å². The van der Waals surface area contributed by atoms with Crippen LogP contribution in [0.1, 0.15) is 12.5 Å². The zero-order valence-corrected chi connectivity index (χ0v) is 7.55. The molecule has 0 spiro atoms. The Balaban J connectivity index is 2.84. The van der Waals surface area contributed by atoms with E-state index in [0.29, 0.717) is 0 Å². The van der Waals surface area contributed by atoms with Gasteiger partial charge >= 0.3 is 0 Å². The number of hydrogen-bond donors (Lipinski definition) is 0. The van der Waals surface area contributed by atoms with Gasteiger partial charge in [-0.05, 0) is 23.4 Å². The average molecular weight is 174 g/mol. The third kappa shape index (κ3) is 1.31. The summed E-state index contributed by atoms with van der Waals surface area (Å²) < 4.78 is 13.3. The quantitative estimate of drug-likeness (QED) is 0.620. The number of benzene rings is 2. The van der Waals surface area contributed by atoms with E-state index in [1.165, 1.54) is 11.6 Å². The highest BCUT2D eigenvalue weighted by Gasteiger charge is 2.01. The van der Waals surface area contributed by atoms with Crippen LogP contribution in [0, 0.1) is 5.82 Å². The van der Waals surface area contributed by atoms with Crippen molar-refractivity contribution in [1.29, 1.82) is 0 Å². The fourth-order valence-corrected chi connectivity index (χ4v) is 1.65. The molecule has 2 rings (SSSR count). The first kappa shape index (κ1) is 8.24. The summed E-state index contributed by atoms with van der Waals surface area (Å²) in [5, 5.41) is 1.76. The number of halogens is 1. The molecule has 0 aliphatic heterocycles. The average Bonchev–Trinajstić information content (AvgIpc) is 2.18. The first-order valence-electron chi connectivity index (χ1n) is 4.49. The fraction of sp³-hybridized carbons (Fsp3) is 0.167. The van der Waals surface area contributed by atoms with E-state index >= 15 is 0 Å². The molecule has 0 bridgehead atoms. The van der Waals surface area contributed by atoms with Crippen molar-refractivity contribution in [3.05, 3.63) is 47.8 Å². The Morgan fingerprint density at radius 3 is 2.46 bits per heavy atom. The smallest absolute Gasteiger partial charge is 0.131 e. The molecular weight excluding hydrogens is 163 g/mol. The summed E-state index contributed by atoms with van der Waals surface area (Å²) in [7, 11) is 0. The molecule has 0 saturated carbocycles. The first-order valence-corrected chi connectivity index (χ1v) is 4.49. The van der Waals surface area contributed by atoms with E-state index in [1.807, 2.05) is 24.3 Å². The molecule has 0 unspecified atom stereocenters. The lowest BCUT2D eigenvalue weighted by molar-refractivity contribution is 0.640. The Kier molecular flexibility index (Phi) is 2.01. The van der Waals surface area contributed by atoms with Crippen molar-refractivity contribution in [2.24, 2.45) is 0 Å². The van der Waals surface area contributed by atoms with Gasteiger partial charge < -0.3 is 0 Å². The van der Waals surface area contributed by atoms with Gasteiger partial charge in [0.05, 0.1) is 0 Å². The van der Waals surface area contributed by atoms with Crippen LogP contribution in [-0.2, 0) is 6.42 Å². The molecule has 2 aromatic carbocycles. The second kappa shape index (κ2) is 3.17. The van der Waals surface area contributed by atoms with Crippen LogP contribution < -0.4 is 0 Å². The van der Waals surface area contributed by atoms with E-state index in [9.17, 15) is 4.39 Å². The van der Waals surface area contributed by atoms with Crippen molar-refractivity contribution in [3.8, 4) is 0 Å². The van der Waals surface area contributed by atoms with Crippen LogP contribution in [0.25, 0.3) is 10.8 Å². The molecule has 66 valence electrons. The molecule has 0 aliphatic carbocycles. The molecule has 0 saturated heterocycles. The number of fused-ring (bicyclic) bond motifs is 1. The van der Waals surface area contributed by atoms with Gasteiger partial charge in [0.2, 0.25) is 0 Å². The van der Waals surface area contributed by atoms with Gasteiger partial charge in [-0.15, -0.1) is 0 Å². The van der Waals surface area contributed by atoms with Gasteiger partial charge in [0.15, 0.2) is 0 Å². The molecule has 13 heavy (non-hydrogen) atoms. The van der Waals surface area contributed by atoms with Gasteiger partial charge in [0, 0.05) is 5.39 Å². The molecule has 0 nitrogen and oxygen atoms in total. The lowest BCUT2D eigenvalue weighted by Gasteiger charge is -2.03. The van der Waals surface area contributed by atoms with Gasteiger partial charge in [-0.1, -0.05) is 37.3 Å². The first-order chi connectivity index (χ1) is 6.33. The van der Waals surface area contributed by atoms with Crippen LogP contribution in [0.5, 0.6) is 0 Å². The molecule has 0 aromatic heterocycles. The highest BCUT2D eigenvalue weighted by atomic mass is 19.1. The van der Waals surface area contributed by atoms with Gasteiger partial charge in [0.25, 0.3) is 0 Å². The summed E-state index contributed by atoms with van der Waals surface area (Å²) >= 11 is 0. The minimum absolute atomic E-state index is 0.132. The number of rotatable bonds is 1. The minimum atomic E-state index is -0.132. The molecule has 0 atom stereocenters. The third-order valence-corrected chi connectivity index (χ3v) is 2.34. The van der Waals surface area contributed by atoms with E-state index in [1.54, 1.807) is 6.07 Å². The Morgan fingerprint density at radius 2 is 1.69 bits per heavy atom. The van der Waals surface area contributed by atoms with Crippen molar-refractivity contribution < 1.29 is 4.39 Å². The molecule has 0 heterocycles. The van der Waals surface area contributed by atoms with Crippen molar-refractivity contribution >= 4 is 10.8 Å². The normalized spacial score (nSPS) is 10.6. The van der Waals surface area contributed by atoms with Crippen molar-refractivity contribution in [2.45, 2.75) is 13.3 Å². The predicted molar refractivity (Wildman–Crippen MR) is 53.3 cm³/mol. The summed E-state index contributed by atoms with van der Waals surface area (Å²) in [6.45, 7) is 2.08. The van der Waals surface area contributed by atoms with E-state index in [2.05, 4.69) is 6.92 Å². The maximum Gasteiger partial charge on any atom is 0.131 e. The summed E-state index contributed by atoms with van der Waals surface area (Å²) in [6, 6.07) is 11.0. The second-order valence-electron chi connectivity index (χ2n) is 3.11. The zero-order valence-electron chi connectivity index (χ0n) is 7.55. The lowest BCUT2D eigenvalue weighted by Crippen LogP contribution is -1.85. The lowest BCUT2D eigenvalue weighted by atomic mass is 10.0. The maximum absolute atomic E-state index is 13.3. The Morgan fingerprint density at radius 1 is 1.00 bits per heavy atom. The Hall–Kier alpha value is -1.37. The van der Waals surface area contributed by atoms with Crippen LogP contribution in [0.15, 0.2) is 36.4 Å². The summed E-state index contributed by atoms with van der Waals surface area (Å²) in [5.74, 6) is -0.132. The van der Waals surface area contributed by atoms with Gasteiger partial charge in [-0.2, -0.15) is 0 Å². The minimum Gasteiger partial charge on any atom is -0.206 e. The number of hydrogen-bond acceptors (Lipinski definition) is 0. The van der Waals surface area contributed by atoms with Crippen molar-refractivity contribution in [1.82, 2.24) is 0 Å². The highest BCUT2D eigenvalue weighted by Crippen LogP contribution is 2.21. The topological polar surface area (TPSA) is 0 Å². The summed E-state index contributed by atoms with van der Waals surface area (Å²) in [6.07, 6.45) is 0.945. The Bertz CT molecular complexity index is 432. The molecule has 0 fully saturated rings. The molecule has 0 aliphatic rings. The predicted octanol–water partition coefficient (Wildman–Crippen LogP) is 3.54. The molecular formula is C12H11F. The van der Waals surface area contributed by atoms with E-state index in [4.69, 9.17) is 0 Å². The zero-order chi connectivity index (χ0) is 9.26. The molecule has 1 heteroatoms. The maximum atomic E-state index is 13.3. The summed E-state index contributed by atoms with van der Waals surface area (Å²) in [5.41, 5.74) is 1.21. The monoisotopic (exact) mass is 174 g/mol. The van der Waals surface area contributed by atoms with Crippen molar-refractivity contribution in [3.63, 3.8) is 0 Å². The second-order valence-corrected chi connectivity index (χ2v) is 3.11. The molecule has 2 aromatic rings. The van der Waals surface area contributed by atoms with Crippen LogP contribution in [0.4, 0.5) is 4.39 Å². The van der Waals surface area contributed by atoms with Gasteiger partial charge in [-0.25, -0.2) is 4.39 Å². The summed E-state index contributed by atoms with van der Waals surface area (Å²) in [4.78, 5) is 0. The van der Waals surface area contributed by atoms with Crippen LogP contribution in [0.2, 0.25) is 0 Å². The van der Waals surface area contributed by atoms with Crippen LogP contribution in [-0.4, -0.2) is 0 Å². The fourth-order valence-electron chi connectivity index (χ4n) is 1.65. The SMILES string of the molecule is CCc1cccc2c(F)cccc12. The number of aryl methyl sites for hydroxylation is 1. The highest BCUT2D eigenvalue weighted by molar-refractivity contribution is 5.86.